The Morgan fingerprint density at radius 1 is 0.944 bits per heavy atom. The van der Waals surface area contributed by atoms with Gasteiger partial charge in [-0.1, -0.05) is 18.2 Å². The molecular formula is C24H27N5O5S2. The smallest absolute Gasteiger partial charge is 0.319 e. The molecule has 0 saturated carbocycles. The predicted molar refractivity (Wildman–Crippen MR) is 140 cm³/mol. The summed E-state index contributed by atoms with van der Waals surface area (Å²) in [6.45, 7) is 4.35. The summed E-state index contributed by atoms with van der Waals surface area (Å²) in [5.41, 5.74) is 0.920. The number of carbonyl (C=O) groups is 3. The van der Waals surface area contributed by atoms with Gasteiger partial charge in [-0.3, -0.25) is 14.9 Å². The van der Waals surface area contributed by atoms with Gasteiger partial charge in [0.15, 0.2) is 0 Å². The summed E-state index contributed by atoms with van der Waals surface area (Å²) in [4.78, 5) is 38.6. The summed E-state index contributed by atoms with van der Waals surface area (Å²) in [5, 5.41) is 9.27. The number of sulfonamides is 1. The lowest BCUT2D eigenvalue weighted by Gasteiger charge is -2.34. The van der Waals surface area contributed by atoms with Crippen molar-refractivity contribution in [1.29, 1.82) is 0 Å². The maximum absolute atomic E-state index is 13.5. The third-order valence-corrected chi connectivity index (χ3v) is 8.71. The minimum atomic E-state index is -3.76. The second kappa shape index (κ2) is 10.6. The molecule has 3 N–H and O–H groups in total. The van der Waals surface area contributed by atoms with Gasteiger partial charge in [0.05, 0.1) is 10.5 Å². The van der Waals surface area contributed by atoms with Gasteiger partial charge in [0.1, 0.15) is 5.00 Å². The Kier molecular flexibility index (Phi) is 7.57. The molecule has 2 aromatic carbocycles. The van der Waals surface area contributed by atoms with Crippen LogP contribution in [-0.4, -0.2) is 68.2 Å². The predicted octanol–water partition coefficient (Wildman–Crippen LogP) is 3.15. The minimum absolute atomic E-state index is 0.119. The van der Waals surface area contributed by atoms with E-state index >= 15 is 0 Å². The normalized spacial score (nSPS) is 14.4. The van der Waals surface area contributed by atoms with E-state index in [1.807, 2.05) is 31.2 Å². The van der Waals surface area contributed by atoms with E-state index in [1.165, 1.54) is 34.7 Å². The van der Waals surface area contributed by atoms with Crippen molar-refractivity contribution in [3.63, 3.8) is 0 Å². The van der Waals surface area contributed by atoms with E-state index in [0.29, 0.717) is 22.8 Å². The van der Waals surface area contributed by atoms with Gasteiger partial charge in [-0.2, -0.15) is 4.31 Å². The van der Waals surface area contributed by atoms with Crippen molar-refractivity contribution >= 4 is 60.0 Å². The van der Waals surface area contributed by atoms with Crippen LogP contribution in [0.5, 0.6) is 0 Å². The van der Waals surface area contributed by atoms with Crippen LogP contribution in [0.3, 0.4) is 0 Å². The average Bonchev–Trinajstić information content (AvgIpc) is 3.21. The molecule has 36 heavy (non-hydrogen) atoms. The van der Waals surface area contributed by atoms with Crippen LogP contribution in [0, 0.1) is 0 Å². The number of benzene rings is 2. The van der Waals surface area contributed by atoms with Gasteiger partial charge in [0.25, 0.3) is 5.91 Å². The number of piperazine rings is 1. The lowest BCUT2D eigenvalue weighted by molar-refractivity contribution is -0.114. The first-order valence-electron chi connectivity index (χ1n) is 11.4. The summed E-state index contributed by atoms with van der Waals surface area (Å²) in [6, 6.07) is 13.0. The summed E-state index contributed by atoms with van der Waals surface area (Å²) < 4.78 is 28.5. The highest BCUT2D eigenvalue weighted by molar-refractivity contribution is 7.89. The first-order chi connectivity index (χ1) is 17.2. The van der Waals surface area contributed by atoms with Crippen molar-refractivity contribution < 1.29 is 22.8 Å². The first-order valence-corrected chi connectivity index (χ1v) is 13.7. The molecule has 0 unspecified atom stereocenters. The van der Waals surface area contributed by atoms with E-state index in [4.69, 9.17) is 0 Å². The van der Waals surface area contributed by atoms with E-state index in [0.717, 1.165) is 10.1 Å². The first kappa shape index (κ1) is 25.6. The number of fused-ring (bicyclic) bond motifs is 1. The highest BCUT2D eigenvalue weighted by Crippen LogP contribution is 2.36. The number of anilines is 2. The number of hydrogen-bond acceptors (Lipinski definition) is 6. The number of hydrogen-bond donors (Lipinski definition) is 3. The minimum Gasteiger partial charge on any atom is -0.338 e. The molecular weight excluding hydrogens is 502 g/mol. The van der Waals surface area contributed by atoms with Gasteiger partial charge in [-0.25, -0.2) is 13.2 Å². The Morgan fingerprint density at radius 2 is 1.61 bits per heavy atom. The number of nitrogens with zero attached hydrogens (tertiary/aromatic N) is 2. The third kappa shape index (κ3) is 5.35. The van der Waals surface area contributed by atoms with Crippen LogP contribution in [0.1, 0.15) is 24.2 Å². The zero-order valence-corrected chi connectivity index (χ0v) is 21.5. The molecule has 0 aliphatic carbocycles. The molecule has 190 valence electrons. The topological polar surface area (TPSA) is 128 Å². The van der Waals surface area contributed by atoms with Crippen LogP contribution < -0.4 is 16.0 Å². The molecule has 1 fully saturated rings. The van der Waals surface area contributed by atoms with Crippen molar-refractivity contribution in [3.8, 4) is 0 Å². The quantitative estimate of drug-likeness (QED) is 0.452. The van der Waals surface area contributed by atoms with Gasteiger partial charge < -0.3 is 15.5 Å². The number of rotatable bonds is 6. The molecule has 4 rings (SSSR count). The Labute approximate surface area is 213 Å². The molecule has 2 heterocycles. The molecule has 1 aliphatic heterocycles. The molecule has 4 amide bonds. The van der Waals surface area contributed by atoms with E-state index in [1.54, 1.807) is 17.0 Å². The van der Waals surface area contributed by atoms with Crippen LogP contribution >= 0.6 is 11.3 Å². The second-order valence-electron chi connectivity index (χ2n) is 8.19. The summed E-state index contributed by atoms with van der Waals surface area (Å²) in [7, 11) is -3.76. The van der Waals surface area contributed by atoms with Crippen molar-refractivity contribution in [2.75, 3.05) is 43.4 Å². The lowest BCUT2D eigenvalue weighted by Crippen LogP contribution is -2.50. The largest absolute Gasteiger partial charge is 0.338 e. The van der Waals surface area contributed by atoms with Gasteiger partial charge in [-0.05, 0) is 37.3 Å². The summed E-state index contributed by atoms with van der Waals surface area (Å²) in [6.07, 6.45) is 0. The van der Waals surface area contributed by atoms with E-state index < -0.39 is 16.1 Å². The monoisotopic (exact) mass is 529 g/mol. The van der Waals surface area contributed by atoms with Crippen molar-refractivity contribution in [2.24, 2.45) is 0 Å². The molecule has 3 aromatic rings. The van der Waals surface area contributed by atoms with E-state index in [2.05, 4.69) is 16.0 Å². The summed E-state index contributed by atoms with van der Waals surface area (Å²) >= 11 is 1.33. The van der Waals surface area contributed by atoms with E-state index in [-0.39, 0.29) is 42.9 Å². The average molecular weight is 530 g/mol. The molecule has 0 spiro atoms. The molecule has 12 heteroatoms. The number of nitrogens with one attached hydrogen (secondary N) is 3. The fourth-order valence-corrected chi connectivity index (χ4v) is 6.52. The highest BCUT2D eigenvalue weighted by Gasteiger charge is 2.32. The highest BCUT2D eigenvalue weighted by atomic mass is 32.2. The SMILES string of the molecule is CCNC(=O)Nc1sc2ccccc2c1C(=O)N1CCN(S(=O)(=O)c2ccc(NC(C)=O)cc2)CC1. The molecule has 1 saturated heterocycles. The number of urea groups is 1. The van der Waals surface area contributed by atoms with Crippen molar-refractivity contribution in [1.82, 2.24) is 14.5 Å². The van der Waals surface area contributed by atoms with Crippen LogP contribution in [0.2, 0.25) is 0 Å². The molecule has 0 radical (unpaired) electrons. The van der Waals surface area contributed by atoms with Crippen LogP contribution in [0.25, 0.3) is 10.1 Å². The van der Waals surface area contributed by atoms with E-state index in [9.17, 15) is 22.8 Å². The molecule has 1 aliphatic rings. The van der Waals surface area contributed by atoms with Gasteiger partial charge in [-0.15, -0.1) is 11.3 Å². The molecule has 10 nitrogen and oxygen atoms in total. The van der Waals surface area contributed by atoms with Crippen molar-refractivity contribution in [3.05, 3.63) is 54.1 Å². The Hall–Kier alpha value is -3.48. The number of carbonyl (C=O) groups excluding carboxylic acids is 3. The molecule has 0 atom stereocenters. The second-order valence-corrected chi connectivity index (χ2v) is 11.2. The third-order valence-electron chi connectivity index (χ3n) is 5.71. The molecule has 1 aromatic heterocycles. The van der Waals surface area contributed by atoms with Crippen molar-refractivity contribution in [2.45, 2.75) is 18.7 Å². The van der Waals surface area contributed by atoms with Gasteiger partial charge >= 0.3 is 6.03 Å². The van der Waals surface area contributed by atoms with Crippen LogP contribution in [0.4, 0.5) is 15.5 Å². The number of amides is 4. The Morgan fingerprint density at radius 3 is 2.25 bits per heavy atom. The molecule has 0 bridgehead atoms. The fraction of sp³-hybridized carbons (Fsp3) is 0.292. The van der Waals surface area contributed by atoms with Gasteiger partial charge in [0.2, 0.25) is 15.9 Å². The Bertz CT molecular complexity index is 1390. The van der Waals surface area contributed by atoms with Gasteiger partial charge in [0, 0.05) is 55.4 Å². The summed E-state index contributed by atoms with van der Waals surface area (Å²) in [5.74, 6) is -0.495. The van der Waals surface area contributed by atoms with Crippen LogP contribution in [-0.2, 0) is 14.8 Å². The maximum Gasteiger partial charge on any atom is 0.319 e. The zero-order chi connectivity index (χ0) is 25.9. The maximum atomic E-state index is 13.5. The fourth-order valence-electron chi connectivity index (χ4n) is 4.01. The standard InChI is InChI=1S/C24H27N5O5S2/c1-3-25-24(32)27-22-21(19-6-4-5-7-20(19)35-22)23(31)28-12-14-29(15-13-28)36(33,34)18-10-8-17(9-11-18)26-16(2)30/h4-11H,3,12-15H2,1-2H3,(H,26,30)(H2,25,27,32). The lowest BCUT2D eigenvalue weighted by atomic mass is 10.1. The zero-order valence-electron chi connectivity index (χ0n) is 19.9. The number of thiophene rings is 1. The van der Waals surface area contributed by atoms with Crippen LogP contribution in [0.15, 0.2) is 53.4 Å². The Balaban J connectivity index is 1.50.